The number of benzene rings is 1. The zero-order valence-corrected chi connectivity index (χ0v) is 16.0. The molecule has 1 aromatic carbocycles. The summed E-state index contributed by atoms with van der Waals surface area (Å²) in [6.07, 6.45) is 3.20. The average molecular weight is 377 g/mol. The Morgan fingerprint density at radius 1 is 1.14 bits per heavy atom. The molecule has 0 bridgehead atoms. The van der Waals surface area contributed by atoms with Gasteiger partial charge in [-0.1, -0.05) is 30.3 Å². The van der Waals surface area contributed by atoms with Gasteiger partial charge < -0.3 is 10.2 Å². The monoisotopic (exact) mass is 377 g/mol. The minimum atomic E-state index is -0.975. The fraction of sp³-hybridized carbons (Fsp3) is 0.429. The molecule has 7 nitrogen and oxygen atoms in total. The molecule has 144 valence electrons. The van der Waals surface area contributed by atoms with Crippen molar-refractivity contribution in [2.75, 3.05) is 10.2 Å². The Morgan fingerprint density at radius 3 is 2.46 bits per heavy atom. The fourth-order valence-electron chi connectivity index (χ4n) is 4.48. The molecule has 1 saturated heterocycles. The summed E-state index contributed by atoms with van der Waals surface area (Å²) in [5.41, 5.74) is 0.794. The van der Waals surface area contributed by atoms with Gasteiger partial charge in [-0.25, -0.2) is 0 Å². The second-order valence-corrected chi connectivity index (χ2v) is 7.67. The molecule has 2 N–H and O–H groups in total. The van der Waals surface area contributed by atoms with Crippen molar-refractivity contribution in [1.82, 2.24) is 9.97 Å². The normalized spacial score (nSPS) is 26.9. The number of carbonyl (C=O) groups excluding carboxylic acids is 1. The van der Waals surface area contributed by atoms with Crippen LogP contribution < -0.4 is 15.8 Å². The van der Waals surface area contributed by atoms with E-state index >= 15 is 0 Å². The maximum absolute atomic E-state index is 13.1. The van der Waals surface area contributed by atoms with Crippen molar-refractivity contribution < 1.29 is 4.79 Å². The topological polar surface area (TPSA) is 102 Å². The van der Waals surface area contributed by atoms with Crippen molar-refractivity contribution in [3.63, 3.8) is 0 Å². The molecule has 1 aromatic heterocycles. The molecule has 1 fully saturated rings. The Labute approximate surface area is 163 Å². The van der Waals surface area contributed by atoms with Crippen molar-refractivity contribution >= 4 is 17.7 Å². The third kappa shape index (κ3) is 2.95. The molecule has 4 atom stereocenters. The van der Waals surface area contributed by atoms with Gasteiger partial charge in [0.05, 0.1) is 11.6 Å². The highest BCUT2D eigenvalue weighted by Gasteiger charge is 2.40. The standard InChI is InChI=1S/C21H23N5O2/c1-12-7-6-8-13(2)26(12)21-24-18-17(20(28)25-21)16(14-9-4-3-5-10-14)15(11-22)19(27)23-18/h3-5,9-10,12-13,15-16H,6-8H2,1-2H3,(H2,23,24,25,27,28). The average Bonchev–Trinajstić information content (AvgIpc) is 2.67. The van der Waals surface area contributed by atoms with Crippen LogP contribution in [0.1, 0.15) is 50.2 Å². The Morgan fingerprint density at radius 2 is 1.82 bits per heavy atom. The zero-order valence-electron chi connectivity index (χ0n) is 16.0. The second-order valence-electron chi connectivity index (χ2n) is 7.67. The van der Waals surface area contributed by atoms with Gasteiger partial charge in [-0.15, -0.1) is 0 Å². The van der Waals surface area contributed by atoms with Crippen LogP contribution in [0, 0.1) is 17.2 Å². The van der Waals surface area contributed by atoms with Crippen LogP contribution in [-0.4, -0.2) is 28.0 Å². The van der Waals surface area contributed by atoms with Gasteiger partial charge >= 0.3 is 0 Å². The van der Waals surface area contributed by atoms with E-state index in [1.165, 1.54) is 0 Å². The summed E-state index contributed by atoms with van der Waals surface area (Å²) in [6, 6.07) is 11.8. The van der Waals surface area contributed by atoms with Gasteiger partial charge in [0.25, 0.3) is 5.56 Å². The van der Waals surface area contributed by atoms with Crippen molar-refractivity contribution in [1.29, 1.82) is 5.26 Å². The van der Waals surface area contributed by atoms with Crippen LogP contribution in [-0.2, 0) is 4.79 Å². The van der Waals surface area contributed by atoms with Gasteiger partial charge in [-0.2, -0.15) is 10.2 Å². The molecule has 1 amide bonds. The third-order valence-corrected chi connectivity index (χ3v) is 5.85. The number of anilines is 2. The first kappa shape index (κ1) is 18.2. The molecule has 4 rings (SSSR count). The summed E-state index contributed by atoms with van der Waals surface area (Å²) in [5.74, 6) is -1.30. The number of nitriles is 1. The molecule has 3 heterocycles. The number of nitrogens with one attached hydrogen (secondary N) is 2. The number of fused-ring (bicyclic) bond motifs is 1. The number of carbonyl (C=O) groups is 1. The van der Waals surface area contributed by atoms with Crippen LogP contribution in [0.4, 0.5) is 11.8 Å². The Kier molecular flexibility index (Phi) is 4.63. The summed E-state index contributed by atoms with van der Waals surface area (Å²) < 4.78 is 0. The van der Waals surface area contributed by atoms with Gasteiger partial charge in [0, 0.05) is 18.0 Å². The van der Waals surface area contributed by atoms with E-state index in [0.717, 1.165) is 24.8 Å². The zero-order chi connectivity index (χ0) is 19.8. The molecule has 0 radical (unpaired) electrons. The van der Waals surface area contributed by atoms with Gasteiger partial charge in [0.15, 0.2) is 0 Å². The minimum absolute atomic E-state index is 0.251. The highest BCUT2D eigenvalue weighted by molar-refractivity contribution is 5.97. The molecule has 0 aliphatic carbocycles. The molecular weight excluding hydrogens is 354 g/mol. The Balaban J connectivity index is 1.86. The highest BCUT2D eigenvalue weighted by Crippen LogP contribution is 2.38. The number of aromatic amines is 1. The van der Waals surface area contributed by atoms with E-state index in [2.05, 4.69) is 40.1 Å². The van der Waals surface area contributed by atoms with Crippen molar-refractivity contribution in [3.8, 4) is 6.07 Å². The number of H-pyrrole nitrogens is 1. The van der Waals surface area contributed by atoms with E-state index in [0.29, 0.717) is 11.5 Å². The largest absolute Gasteiger partial charge is 0.337 e. The third-order valence-electron chi connectivity index (χ3n) is 5.85. The molecule has 2 aliphatic rings. The first-order chi connectivity index (χ1) is 13.5. The van der Waals surface area contributed by atoms with Gasteiger partial charge in [-0.05, 0) is 38.7 Å². The van der Waals surface area contributed by atoms with Crippen LogP contribution in [0.15, 0.2) is 35.1 Å². The molecule has 28 heavy (non-hydrogen) atoms. The van der Waals surface area contributed by atoms with Crippen LogP contribution in [0.2, 0.25) is 0 Å². The van der Waals surface area contributed by atoms with Crippen molar-refractivity contribution in [2.24, 2.45) is 5.92 Å². The van der Waals surface area contributed by atoms with E-state index in [9.17, 15) is 14.9 Å². The number of hydrogen-bond acceptors (Lipinski definition) is 5. The lowest BCUT2D eigenvalue weighted by Crippen LogP contribution is -2.46. The molecule has 2 aliphatic heterocycles. The van der Waals surface area contributed by atoms with Crippen LogP contribution in [0.25, 0.3) is 0 Å². The molecule has 4 unspecified atom stereocenters. The number of hydrogen-bond donors (Lipinski definition) is 2. The number of piperidine rings is 1. The maximum atomic E-state index is 13.1. The first-order valence-electron chi connectivity index (χ1n) is 9.69. The quantitative estimate of drug-likeness (QED) is 0.838. The van der Waals surface area contributed by atoms with E-state index in [-0.39, 0.29) is 23.5 Å². The van der Waals surface area contributed by atoms with E-state index < -0.39 is 17.7 Å². The predicted molar refractivity (Wildman–Crippen MR) is 106 cm³/mol. The Bertz CT molecular complexity index is 984. The first-order valence-corrected chi connectivity index (χ1v) is 9.69. The van der Waals surface area contributed by atoms with E-state index in [1.807, 2.05) is 30.3 Å². The molecule has 2 aromatic rings. The highest BCUT2D eigenvalue weighted by atomic mass is 16.2. The van der Waals surface area contributed by atoms with Crippen molar-refractivity contribution in [2.45, 2.75) is 51.1 Å². The summed E-state index contributed by atoms with van der Waals surface area (Å²) in [7, 11) is 0. The fourth-order valence-corrected chi connectivity index (χ4v) is 4.48. The number of amides is 1. The summed E-state index contributed by atoms with van der Waals surface area (Å²) in [5, 5.41) is 12.3. The molecule has 0 saturated carbocycles. The van der Waals surface area contributed by atoms with E-state index in [4.69, 9.17) is 0 Å². The number of aromatic nitrogens is 2. The SMILES string of the molecule is CC1CCCC(C)N1c1nc2c(c(=O)[nH]1)C(c1ccccc1)C(C#N)C(=O)N2. The van der Waals surface area contributed by atoms with Gasteiger partial charge in [0.2, 0.25) is 11.9 Å². The lowest BCUT2D eigenvalue weighted by atomic mass is 9.79. The lowest BCUT2D eigenvalue weighted by Gasteiger charge is -2.40. The molecule has 0 spiro atoms. The second kappa shape index (κ2) is 7.12. The van der Waals surface area contributed by atoms with Gasteiger partial charge in [0.1, 0.15) is 11.7 Å². The van der Waals surface area contributed by atoms with E-state index in [1.54, 1.807) is 0 Å². The van der Waals surface area contributed by atoms with Crippen LogP contribution >= 0.6 is 0 Å². The Hall–Kier alpha value is -3.14. The maximum Gasteiger partial charge on any atom is 0.258 e. The van der Waals surface area contributed by atoms with Crippen molar-refractivity contribution in [3.05, 3.63) is 51.8 Å². The van der Waals surface area contributed by atoms with Gasteiger partial charge in [-0.3, -0.25) is 14.6 Å². The smallest absolute Gasteiger partial charge is 0.258 e. The number of rotatable bonds is 2. The lowest BCUT2D eigenvalue weighted by molar-refractivity contribution is -0.119. The number of nitrogens with zero attached hydrogens (tertiary/aromatic N) is 3. The minimum Gasteiger partial charge on any atom is -0.337 e. The predicted octanol–water partition coefficient (Wildman–Crippen LogP) is 2.76. The van der Waals surface area contributed by atoms with Crippen LogP contribution in [0.3, 0.4) is 0 Å². The van der Waals surface area contributed by atoms with Crippen LogP contribution in [0.5, 0.6) is 0 Å². The summed E-state index contributed by atoms with van der Waals surface area (Å²) in [4.78, 5) is 35.4. The summed E-state index contributed by atoms with van der Waals surface area (Å²) in [6.45, 7) is 4.23. The molecule has 7 heteroatoms. The summed E-state index contributed by atoms with van der Waals surface area (Å²) >= 11 is 0. The molecular formula is C21H23N5O2.